The van der Waals surface area contributed by atoms with Gasteiger partial charge in [-0.25, -0.2) is 4.98 Å². The Bertz CT molecular complexity index is 621. The molecule has 1 atom stereocenters. The van der Waals surface area contributed by atoms with Crippen LogP contribution in [-0.2, 0) is 13.0 Å². The molecule has 1 aromatic carbocycles. The van der Waals surface area contributed by atoms with E-state index in [0.29, 0.717) is 11.3 Å². The fraction of sp³-hybridized carbons (Fsp3) is 0.333. The van der Waals surface area contributed by atoms with Gasteiger partial charge in [0, 0.05) is 37.0 Å². The third-order valence-corrected chi connectivity index (χ3v) is 3.62. The van der Waals surface area contributed by atoms with E-state index in [0.717, 1.165) is 25.2 Å². The highest BCUT2D eigenvalue weighted by molar-refractivity contribution is 5.94. The molecule has 3 rings (SSSR count). The van der Waals surface area contributed by atoms with Crippen molar-refractivity contribution in [2.45, 2.75) is 25.4 Å². The lowest BCUT2D eigenvalue weighted by Crippen LogP contribution is -2.40. The van der Waals surface area contributed by atoms with Crippen LogP contribution in [0.3, 0.4) is 0 Å². The summed E-state index contributed by atoms with van der Waals surface area (Å²) < 4.78 is 7.27. The quantitative estimate of drug-likeness (QED) is 0.923. The van der Waals surface area contributed by atoms with Crippen molar-refractivity contribution in [1.82, 2.24) is 14.9 Å². The van der Waals surface area contributed by atoms with Gasteiger partial charge >= 0.3 is 0 Å². The number of rotatable bonds is 3. The van der Waals surface area contributed by atoms with E-state index in [-0.39, 0.29) is 11.9 Å². The third-order valence-electron chi connectivity index (χ3n) is 3.62. The van der Waals surface area contributed by atoms with Crippen molar-refractivity contribution >= 4 is 5.91 Å². The number of aromatic nitrogens is 2. The van der Waals surface area contributed by atoms with Crippen molar-refractivity contribution in [1.29, 1.82) is 0 Å². The van der Waals surface area contributed by atoms with Crippen LogP contribution in [0.5, 0.6) is 5.75 Å². The number of benzene rings is 1. The molecule has 1 unspecified atom stereocenters. The van der Waals surface area contributed by atoms with Crippen LogP contribution in [0, 0.1) is 0 Å². The molecule has 1 amide bonds. The summed E-state index contributed by atoms with van der Waals surface area (Å²) in [6.07, 6.45) is 5.50. The Kier molecular flexibility index (Phi) is 3.41. The van der Waals surface area contributed by atoms with Gasteiger partial charge in [-0.1, -0.05) is 6.07 Å². The summed E-state index contributed by atoms with van der Waals surface area (Å²) >= 11 is 0. The van der Waals surface area contributed by atoms with Crippen LogP contribution < -0.4 is 10.1 Å². The molecule has 5 heteroatoms. The Morgan fingerprint density at radius 3 is 3.25 bits per heavy atom. The molecule has 0 aliphatic carbocycles. The number of imidazole rings is 1. The number of methoxy groups -OCH3 is 1. The van der Waals surface area contributed by atoms with Crippen molar-refractivity contribution in [2.24, 2.45) is 0 Å². The molecule has 2 aromatic rings. The average molecular weight is 271 g/mol. The molecule has 1 aliphatic heterocycles. The van der Waals surface area contributed by atoms with Gasteiger partial charge < -0.3 is 14.6 Å². The molecule has 20 heavy (non-hydrogen) atoms. The van der Waals surface area contributed by atoms with Gasteiger partial charge in [0.2, 0.25) is 0 Å². The number of aryl methyl sites for hydroxylation is 1. The number of nitrogens with zero attached hydrogens (tertiary/aromatic N) is 2. The Hall–Kier alpha value is -2.30. The van der Waals surface area contributed by atoms with E-state index in [1.807, 2.05) is 24.5 Å². The van der Waals surface area contributed by atoms with Crippen LogP contribution in [0.2, 0.25) is 0 Å². The smallest absolute Gasteiger partial charge is 0.251 e. The first-order valence-corrected chi connectivity index (χ1v) is 6.71. The van der Waals surface area contributed by atoms with Crippen molar-refractivity contribution in [2.75, 3.05) is 7.11 Å². The van der Waals surface area contributed by atoms with Crippen LogP contribution in [0.1, 0.15) is 22.6 Å². The molecule has 0 spiro atoms. The number of carbonyl (C=O) groups is 1. The standard InChI is InChI=1S/C15H17N3O2/c1-20-13-4-2-3-11(9-13)15(19)17-12-5-7-18-8-6-16-14(18)10-12/h2-4,6,8-9,12H,5,7,10H2,1H3,(H,17,19). The van der Waals surface area contributed by atoms with Gasteiger partial charge in [0.05, 0.1) is 7.11 Å². The topological polar surface area (TPSA) is 56.1 Å². The lowest BCUT2D eigenvalue weighted by atomic mass is 10.1. The minimum Gasteiger partial charge on any atom is -0.497 e. The second kappa shape index (κ2) is 5.36. The normalized spacial score (nSPS) is 17.4. The number of amides is 1. The van der Waals surface area contributed by atoms with Crippen molar-refractivity contribution in [3.63, 3.8) is 0 Å². The molecular weight excluding hydrogens is 254 g/mol. The summed E-state index contributed by atoms with van der Waals surface area (Å²) in [5.41, 5.74) is 0.623. The molecular formula is C15H17N3O2. The molecule has 0 fully saturated rings. The zero-order valence-corrected chi connectivity index (χ0v) is 11.4. The van der Waals surface area contributed by atoms with E-state index in [1.165, 1.54) is 0 Å². The van der Waals surface area contributed by atoms with E-state index < -0.39 is 0 Å². The fourth-order valence-corrected chi connectivity index (χ4v) is 2.51. The Morgan fingerprint density at radius 2 is 2.40 bits per heavy atom. The predicted molar refractivity (Wildman–Crippen MR) is 74.8 cm³/mol. The zero-order chi connectivity index (χ0) is 13.9. The van der Waals surface area contributed by atoms with Crippen LogP contribution in [0.25, 0.3) is 0 Å². The van der Waals surface area contributed by atoms with Gasteiger partial charge in [-0.2, -0.15) is 0 Å². The molecule has 104 valence electrons. The zero-order valence-electron chi connectivity index (χ0n) is 11.4. The predicted octanol–water partition coefficient (Wildman–Crippen LogP) is 1.64. The second-order valence-corrected chi connectivity index (χ2v) is 4.93. The second-order valence-electron chi connectivity index (χ2n) is 4.93. The van der Waals surface area contributed by atoms with Crippen LogP contribution in [-0.4, -0.2) is 28.6 Å². The molecule has 0 radical (unpaired) electrons. The molecule has 1 aromatic heterocycles. The number of hydrogen-bond acceptors (Lipinski definition) is 3. The summed E-state index contributed by atoms with van der Waals surface area (Å²) in [6, 6.07) is 7.33. The van der Waals surface area contributed by atoms with Crippen LogP contribution in [0.15, 0.2) is 36.7 Å². The number of hydrogen-bond donors (Lipinski definition) is 1. The van der Waals surface area contributed by atoms with E-state index >= 15 is 0 Å². The first-order valence-electron chi connectivity index (χ1n) is 6.71. The maximum absolute atomic E-state index is 12.2. The number of carbonyl (C=O) groups excluding carboxylic acids is 1. The van der Waals surface area contributed by atoms with E-state index in [1.54, 1.807) is 19.2 Å². The molecule has 5 nitrogen and oxygen atoms in total. The summed E-state index contributed by atoms with van der Waals surface area (Å²) in [7, 11) is 1.60. The minimum absolute atomic E-state index is 0.0612. The number of ether oxygens (including phenoxy) is 1. The fourth-order valence-electron chi connectivity index (χ4n) is 2.51. The Balaban J connectivity index is 1.67. The lowest BCUT2D eigenvalue weighted by Gasteiger charge is -2.24. The van der Waals surface area contributed by atoms with Crippen molar-refractivity contribution in [3.05, 3.63) is 48.0 Å². The lowest BCUT2D eigenvalue weighted by molar-refractivity contribution is 0.0930. The van der Waals surface area contributed by atoms with Crippen LogP contribution >= 0.6 is 0 Å². The third kappa shape index (κ3) is 2.52. The molecule has 1 N–H and O–H groups in total. The van der Waals surface area contributed by atoms with Crippen molar-refractivity contribution < 1.29 is 9.53 Å². The highest BCUT2D eigenvalue weighted by atomic mass is 16.5. The van der Waals surface area contributed by atoms with Gasteiger partial charge in [0.15, 0.2) is 0 Å². The largest absolute Gasteiger partial charge is 0.497 e. The molecule has 0 saturated carbocycles. The van der Waals surface area contributed by atoms with E-state index in [2.05, 4.69) is 14.9 Å². The SMILES string of the molecule is COc1cccc(C(=O)NC2CCn3ccnc3C2)c1. The van der Waals surface area contributed by atoms with Gasteiger partial charge in [-0.05, 0) is 24.6 Å². The molecule has 0 bridgehead atoms. The summed E-state index contributed by atoms with van der Waals surface area (Å²) in [5, 5.41) is 3.07. The Labute approximate surface area is 117 Å². The van der Waals surface area contributed by atoms with Crippen molar-refractivity contribution in [3.8, 4) is 5.75 Å². The maximum atomic E-state index is 12.2. The monoisotopic (exact) mass is 271 g/mol. The number of nitrogens with one attached hydrogen (secondary N) is 1. The van der Waals surface area contributed by atoms with E-state index in [4.69, 9.17) is 4.74 Å². The minimum atomic E-state index is -0.0612. The first kappa shape index (κ1) is 12.7. The molecule has 2 heterocycles. The van der Waals surface area contributed by atoms with Gasteiger partial charge in [0.25, 0.3) is 5.91 Å². The highest BCUT2D eigenvalue weighted by Gasteiger charge is 2.21. The summed E-state index contributed by atoms with van der Waals surface area (Å²) in [4.78, 5) is 16.5. The number of fused-ring (bicyclic) bond motifs is 1. The summed E-state index contributed by atoms with van der Waals surface area (Å²) in [6.45, 7) is 0.901. The van der Waals surface area contributed by atoms with Gasteiger partial charge in [-0.3, -0.25) is 4.79 Å². The van der Waals surface area contributed by atoms with E-state index in [9.17, 15) is 4.79 Å². The van der Waals surface area contributed by atoms with Gasteiger partial charge in [0.1, 0.15) is 11.6 Å². The van der Waals surface area contributed by atoms with Gasteiger partial charge in [-0.15, -0.1) is 0 Å². The maximum Gasteiger partial charge on any atom is 0.251 e. The average Bonchev–Trinajstić information content (AvgIpc) is 2.95. The van der Waals surface area contributed by atoms with Crippen LogP contribution in [0.4, 0.5) is 0 Å². The molecule has 1 aliphatic rings. The first-order chi connectivity index (χ1) is 9.76. The summed E-state index contributed by atoms with van der Waals surface area (Å²) in [5.74, 6) is 1.66. The Morgan fingerprint density at radius 1 is 1.50 bits per heavy atom. The highest BCUT2D eigenvalue weighted by Crippen LogP contribution is 2.15. The molecule has 0 saturated heterocycles.